The molecule has 162 valence electrons. The number of phenolic OH excluding ortho intramolecular Hbond substituents is 1. The highest BCUT2D eigenvalue weighted by atomic mass is 19.1. The van der Waals surface area contributed by atoms with Gasteiger partial charge >= 0.3 is 0 Å². The minimum absolute atomic E-state index is 0.119. The average molecular weight is 422 g/mol. The number of phenols is 1. The van der Waals surface area contributed by atoms with Gasteiger partial charge in [-0.2, -0.15) is 0 Å². The van der Waals surface area contributed by atoms with Crippen LogP contribution in [0.25, 0.3) is 0 Å². The van der Waals surface area contributed by atoms with Gasteiger partial charge in [0.15, 0.2) is 0 Å². The molecule has 3 aliphatic rings. The lowest BCUT2D eigenvalue weighted by molar-refractivity contribution is -0.129. The number of rotatable bonds is 3. The minimum atomic E-state index is -0.368. The van der Waals surface area contributed by atoms with Crippen LogP contribution in [0.4, 0.5) is 4.39 Å². The number of halogens is 1. The first kappa shape index (κ1) is 20.2. The van der Waals surface area contributed by atoms with Gasteiger partial charge in [-0.3, -0.25) is 9.59 Å². The Labute approximate surface area is 181 Å². The van der Waals surface area contributed by atoms with Crippen LogP contribution in [0.5, 0.6) is 5.75 Å². The first-order chi connectivity index (χ1) is 14.9. The number of amides is 1. The summed E-state index contributed by atoms with van der Waals surface area (Å²) in [5.74, 6) is 1.23. The number of carbonyl (C=O) groups excluding carboxylic acids is 2. The lowest BCUT2D eigenvalue weighted by atomic mass is 9.54. The third-order valence-electron chi connectivity index (χ3n) is 8.19. The smallest absolute Gasteiger partial charge is 0.251 e. The standard InChI is InChI=1S/C26H28FNO3/c1-26-11-10-21-20-9-7-19(29)12-16(20)4-8-22(21)24(26)17(13-23(26)30)14-28-25(31)15-2-5-18(27)6-3-15/h2-3,5-7,9,12,17,21-22,24,29H,4,8,10-11,13-14H2,1H3,(H,28,31)/t17-,21-,22-,24+,26-/m1/s1. The van der Waals surface area contributed by atoms with E-state index in [0.29, 0.717) is 41.9 Å². The predicted molar refractivity (Wildman–Crippen MR) is 115 cm³/mol. The van der Waals surface area contributed by atoms with Crippen molar-refractivity contribution in [3.8, 4) is 5.75 Å². The number of aryl methyl sites for hydroxylation is 1. The normalized spacial score (nSPS) is 31.5. The molecule has 5 rings (SSSR count). The summed E-state index contributed by atoms with van der Waals surface area (Å²) in [6.07, 6.45) is 4.31. The van der Waals surface area contributed by atoms with E-state index in [2.05, 4.69) is 18.3 Å². The fourth-order valence-corrected chi connectivity index (χ4v) is 6.74. The van der Waals surface area contributed by atoms with Gasteiger partial charge < -0.3 is 10.4 Å². The zero-order chi connectivity index (χ0) is 21.8. The van der Waals surface area contributed by atoms with Gasteiger partial charge in [-0.25, -0.2) is 4.39 Å². The van der Waals surface area contributed by atoms with Gasteiger partial charge in [-0.15, -0.1) is 0 Å². The van der Waals surface area contributed by atoms with Gasteiger partial charge in [-0.05, 0) is 96.9 Å². The molecule has 0 unspecified atom stereocenters. The van der Waals surface area contributed by atoms with E-state index in [1.165, 1.54) is 35.4 Å². The van der Waals surface area contributed by atoms with E-state index in [9.17, 15) is 19.1 Å². The summed E-state index contributed by atoms with van der Waals surface area (Å²) >= 11 is 0. The lowest BCUT2D eigenvalue weighted by Crippen LogP contribution is -2.46. The summed E-state index contributed by atoms with van der Waals surface area (Å²) in [6.45, 7) is 2.60. The zero-order valence-electron chi connectivity index (χ0n) is 17.7. The number of carbonyl (C=O) groups is 2. The summed E-state index contributed by atoms with van der Waals surface area (Å²) in [5.41, 5.74) is 2.67. The van der Waals surface area contributed by atoms with Gasteiger partial charge in [0.25, 0.3) is 5.91 Å². The molecule has 2 N–H and O–H groups in total. The monoisotopic (exact) mass is 421 g/mol. The number of benzene rings is 2. The zero-order valence-corrected chi connectivity index (χ0v) is 17.7. The number of aromatic hydroxyl groups is 1. The summed E-state index contributed by atoms with van der Waals surface area (Å²) in [4.78, 5) is 25.6. The number of Topliss-reactive ketones (excluding diaryl/α,β-unsaturated/α-hetero) is 1. The van der Waals surface area contributed by atoms with Crippen molar-refractivity contribution >= 4 is 11.7 Å². The molecule has 2 fully saturated rings. The maximum atomic E-state index is 13.2. The fraction of sp³-hybridized carbons (Fsp3) is 0.462. The van der Waals surface area contributed by atoms with Crippen LogP contribution in [0, 0.1) is 29.0 Å². The molecule has 0 aliphatic heterocycles. The Kier molecular flexibility index (Phi) is 4.87. The van der Waals surface area contributed by atoms with Gasteiger partial charge in [0.05, 0.1) is 0 Å². The molecule has 4 nitrogen and oxygen atoms in total. The summed E-state index contributed by atoms with van der Waals surface area (Å²) in [5, 5.41) is 12.9. The van der Waals surface area contributed by atoms with Gasteiger partial charge in [0, 0.05) is 23.9 Å². The molecule has 2 aromatic rings. The average Bonchev–Trinajstić information content (AvgIpc) is 3.02. The topological polar surface area (TPSA) is 66.4 Å². The maximum Gasteiger partial charge on any atom is 0.251 e. The maximum absolute atomic E-state index is 13.2. The first-order valence-corrected chi connectivity index (χ1v) is 11.3. The Bertz CT molecular complexity index is 1030. The van der Waals surface area contributed by atoms with Crippen molar-refractivity contribution in [1.29, 1.82) is 0 Å². The molecule has 5 atom stereocenters. The second-order valence-electron chi connectivity index (χ2n) is 9.78. The molecule has 2 saturated carbocycles. The van der Waals surface area contributed by atoms with Crippen molar-refractivity contribution in [3.63, 3.8) is 0 Å². The molecular formula is C26H28FNO3. The van der Waals surface area contributed by atoms with E-state index < -0.39 is 0 Å². The van der Waals surface area contributed by atoms with Crippen molar-refractivity contribution in [2.45, 2.75) is 44.9 Å². The molecule has 1 amide bonds. The van der Waals surface area contributed by atoms with Crippen LogP contribution in [0.15, 0.2) is 42.5 Å². The Morgan fingerprint density at radius 1 is 1.19 bits per heavy atom. The number of fused-ring (bicyclic) bond motifs is 5. The summed E-state index contributed by atoms with van der Waals surface area (Å²) < 4.78 is 13.2. The van der Waals surface area contributed by atoms with Crippen LogP contribution in [-0.4, -0.2) is 23.3 Å². The SMILES string of the molecule is C[C@]12CC[C@@H]3c4ccc(O)cc4CC[C@H]3[C@@H]1[C@@H](CNC(=O)c1ccc(F)cc1)CC2=O. The molecule has 0 saturated heterocycles. The predicted octanol–water partition coefficient (Wildman–Crippen LogP) is 4.61. The second kappa shape index (κ2) is 7.47. The third-order valence-corrected chi connectivity index (χ3v) is 8.19. The van der Waals surface area contributed by atoms with Crippen molar-refractivity contribution in [2.75, 3.05) is 6.54 Å². The molecule has 0 bridgehead atoms. The van der Waals surface area contributed by atoms with Crippen LogP contribution in [0.3, 0.4) is 0 Å². The second-order valence-corrected chi connectivity index (χ2v) is 9.78. The third kappa shape index (κ3) is 3.35. The Hall–Kier alpha value is -2.69. The number of hydrogen-bond donors (Lipinski definition) is 2. The molecule has 0 radical (unpaired) electrons. The minimum Gasteiger partial charge on any atom is -0.508 e. The van der Waals surface area contributed by atoms with Crippen LogP contribution in [0.2, 0.25) is 0 Å². The molecule has 5 heteroatoms. The molecular weight excluding hydrogens is 393 g/mol. The van der Waals surface area contributed by atoms with Crippen LogP contribution < -0.4 is 5.32 Å². The Morgan fingerprint density at radius 2 is 1.97 bits per heavy atom. The van der Waals surface area contributed by atoms with Crippen LogP contribution >= 0.6 is 0 Å². The summed E-state index contributed by atoms with van der Waals surface area (Å²) in [6, 6.07) is 11.3. The van der Waals surface area contributed by atoms with E-state index in [1.54, 1.807) is 6.07 Å². The van der Waals surface area contributed by atoms with E-state index in [-0.39, 0.29) is 29.0 Å². The van der Waals surface area contributed by atoms with E-state index in [1.807, 2.05) is 6.07 Å². The molecule has 2 aromatic carbocycles. The largest absolute Gasteiger partial charge is 0.508 e. The molecule has 0 aromatic heterocycles. The number of hydrogen-bond acceptors (Lipinski definition) is 3. The highest BCUT2D eigenvalue weighted by molar-refractivity contribution is 5.94. The highest BCUT2D eigenvalue weighted by Crippen LogP contribution is 2.61. The summed E-state index contributed by atoms with van der Waals surface area (Å²) in [7, 11) is 0. The molecule has 0 spiro atoms. The van der Waals surface area contributed by atoms with Crippen LogP contribution in [-0.2, 0) is 11.2 Å². The van der Waals surface area contributed by atoms with E-state index in [0.717, 1.165) is 25.7 Å². The van der Waals surface area contributed by atoms with Crippen molar-refractivity contribution < 1.29 is 19.1 Å². The van der Waals surface area contributed by atoms with Gasteiger partial charge in [0.2, 0.25) is 0 Å². The van der Waals surface area contributed by atoms with Gasteiger partial charge in [0.1, 0.15) is 17.3 Å². The van der Waals surface area contributed by atoms with Crippen molar-refractivity contribution in [3.05, 3.63) is 65.0 Å². The number of ketones is 1. The molecule has 31 heavy (non-hydrogen) atoms. The quantitative estimate of drug-likeness (QED) is 0.760. The molecule has 0 heterocycles. The van der Waals surface area contributed by atoms with Gasteiger partial charge in [-0.1, -0.05) is 13.0 Å². The van der Waals surface area contributed by atoms with Crippen molar-refractivity contribution in [1.82, 2.24) is 5.32 Å². The van der Waals surface area contributed by atoms with E-state index >= 15 is 0 Å². The Morgan fingerprint density at radius 3 is 2.74 bits per heavy atom. The fourth-order valence-electron chi connectivity index (χ4n) is 6.74. The number of nitrogens with one attached hydrogen (secondary N) is 1. The van der Waals surface area contributed by atoms with Crippen LogP contribution in [0.1, 0.15) is 60.0 Å². The molecule has 3 aliphatic carbocycles. The first-order valence-electron chi connectivity index (χ1n) is 11.3. The highest BCUT2D eigenvalue weighted by Gasteiger charge is 2.58. The Balaban J connectivity index is 1.37. The lowest BCUT2D eigenvalue weighted by Gasteiger charge is -2.49. The van der Waals surface area contributed by atoms with Crippen molar-refractivity contribution in [2.24, 2.45) is 23.2 Å². The van der Waals surface area contributed by atoms with E-state index in [4.69, 9.17) is 0 Å².